The molecule has 2 amide bonds. The molecule has 0 N–H and O–H groups in total. The van der Waals surface area contributed by atoms with Crippen LogP contribution in [0.1, 0.15) is 75.0 Å². The summed E-state index contributed by atoms with van der Waals surface area (Å²) in [6, 6.07) is 23.5. The van der Waals surface area contributed by atoms with Gasteiger partial charge in [0.15, 0.2) is 8.32 Å². The number of rotatable bonds is 13. The number of hydrogen-bond acceptors (Lipinski definition) is 8. The third-order valence-electron chi connectivity index (χ3n) is 8.00. The normalized spacial score (nSPS) is 14.6. The van der Waals surface area contributed by atoms with Crippen molar-refractivity contribution in [1.82, 2.24) is 5.06 Å². The summed E-state index contributed by atoms with van der Waals surface area (Å²) in [5.41, 5.74) is 1.17. The van der Waals surface area contributed by atoms with Crippen LogP contribution in [0.2, 0.25) is 18.1 Å². The van der Waals surface area contributed by atoms with Crippen LogP contribution in [0.5, 0.6) is 0 Å². The number of esters is 2. The van der Waals surface area contributed by atoms with Gasteiger partial charge in [-0.3, -0.25) is 14.4 Å². The van der Waals surface area contributed by atoms with Crippen molar-refractivity contribution in [3.05, 3.63) is 107 Å². The van der Waals surface area contributed by atoms with Crippen LogP contribution in [-0.4, -0.2) is 62.6 Å². The summed E-state index contributed by atoms with van der Waals surface area (Å²) in [5.74, 6) is -2.33. The molecule has 1 aliphatic rings. The van der Waals surface area contributed by atoms with Gasteiger partial charge in [-0.15, -0.1) is 5.06 Å². The van der Waals surface area contributed by atoms with Crippen molar-refractivity contribution >= 4 is 32.1 Å². The first-order chi connectivity index (χ1) is 20.9. The lowest BCUT2D eigenvalue weighted by Crippen LogP contribution is -2.43. The zero-order chi connectivity index (χ0) is 31.9. The van der Waals surface area contributed by atoms with Crippen LogP contribution >= 0.6 is 0 Å². The van der Waals surface area contributed by atoms with Crippen molar-refractivity contribution < 1.29 is 37.9 Å². The second-order valence-corrected chi connectivity index (χ2v) is 16.9. The number of benzene rings is 3. The molecule has 0 spiro atoms. The fraction of sp³-hybridized carbons (Fsp3) is 0.353. The van der Waals surface area contributed by atoms with Gasteiger partial charge in [-0.2, -0.15) is 0 Å². The minimum atomic E-state index is -2.14. The highest BCUT2D eigenvalue weighted by Crippen LogP contribution is 2.36. The van der Waals surface area contributed by atoms with E-state index in [0.717, 1.165) is 0 Å². The van der Waals surface area contributed by atoms with Gasteiger partial charge in [0.2, 0.25) is 0 Å². The van der Waals surface area contributed by atoms with E-state index < -0.39 is 44.3 Å². The Balaban J connectivity index is 1.55. The highest BCUT2D eigenvalue weighted by molar-refractivity contribution is 6.74. The van der Waals surface area contributed by atoms with Gasteiger partial charge in [0, 0.05) is 19.4 Å². The van der Waals surface area contributed by atoms with E-state index in [-0.39, 0.29) is 42.2 Å². The standard InChI is InChI=1S/C34H39NO8Si/c1-34(2,3)44(4,5)41-23-21-29(43-33(39)25-16-10-7-11-17-25)28(42-32(38)24-14-8-6-9-15-24)20-22-40-35-30(36)26-18-12-13-19-27(26)31(35)37/h6-19,28-29H,20-23H2,1-5H3/t28-,29-/m1/s1. The Morgan fingerprint density at radius 3 is 1.52 bits per heavy atom. The molecule has 0 radical (unpaired) electrons. The van der Waals surface area contributed by atoms with Crippen molar-refractivity contribution in [2.45, 2.75) is 64.0 Å². The molecule has 10 heteroatoms. The molecule has 9 nitrogen and oxygen atoms in total. The number of fused-ring (bicyclic) bond motifs is 1. The van der Waals surface area contributed by atoms with Gasteiger partial charge in [0.05, 0.1) is 28.9 Å². The quantitative estimate of drug-likeness (QED) is 0.122. The largest absolute Gasteiger partial charge is 0.455 e. The number of imide groups is 1. The number of carbonyl (C=O) groups excluding carboxylic acids is 4. The molecule has 0 saturated heterocycles. The van der Waals surface area contributed by atoms with Crippen molar-refractivity contribution in [2.24, 2.45) is 0 Å². The minimum Gasteiger partial charge on any atom is -0.455 e. The molecule has 0 saturated carbocycles. The van der Waals surface area contributed by atoms with Crippen LogP contribution in [0.4, 0.5) is 0 Å². The van der Waals surface area contributed by atoms with Crippen LogP contribution < -0.4 is 0 Å². The van der Waals surface area contributed by atoms with E-state index >= 15 is 0 Å². The van der Waals surface area contributed by atoms with E-state index in [4.69, 9.17) is 18.7 Å². The Hall–Kier alpha value is -4.12. The first-order valence-electron chi connectivity index (χ1n) is 14.7. The van der Waals surface area contributed by atoms with Gasteiger partial charge >= 0.3 is 11.9 Å². The van der Waals surface area contributed by atoms with E-state index in [1.807, 2.05) is 0 Å². The van der Waals surface area contributed by atoms with E-state index in [9.17, 15) is 19.2 Å². The van der Waals surface area contributed by atoms with Crippen molar-refractivity contribution in [3.63, 3.8) is 0 Å². The molecule has 2 atom stereocenters. The Bertz CT molecular complexity index is 1430. The number of hydroxylamine groups is 2. The lowest BCUT2D eigenvalue weighted by molar-refractivity contribution is -0.108. The summed E-state index contributed by atoms with van der Waals surface area (Å²) < 4.78 is 18.3. The second kappa shape index (κ2) is 14.1. The third kappa shape index (κ3) is 7.87. The Morgan fingerprint density at radius 1 is 0.682 bits per heavy atom. The van der Waals surface area contributed by atoms with Crippen LogP contribution in [0.25, 0.3) is 0 Å². The number of amides is 2. The van der Waals surface area contributed by atoms with Crippen LogP contribution in [0.3, 0.4) is 0 Å². The van der Waals surface area contributed by atoms with E-state index in [2.05, 4.69) is 33.9 Å². The lowest BCUT2D eigenvalue weighted by atomic mass is 10.1. The average molecular weight is 618 g/mol. The molecule has 4 rings (SSSR count). The predicted molar refractivity (Wildman–Crippen MR) is 167 cm³/mol. The molecule has 232 valence electrons. The smallest absolute Gasteiger partial charge is 0.338 e. The molecule has 1 heterocycles. The third-order valence-corrected chi connectivity index (χ3v) is 12.5. The molecular weight excluding hydrogens is 578 g/mol. The van der Waals surface area contributed by atoms with Crippen molar-refractivity contribution in [1.29, 1.82) is 0 Å². The molecule has 0 fully saturated rings. The fourth-order valence-electron chi connectivity index (χ4n) is 4.39. The summed E-state index contributed by atoms with van der Waals surface area (Å²) in [4.78, 5) is 57.7. The molecule has 3 aromatic rings. The van der Waals surface area contributed by atoms with Gasteiger partial charge < -0.3 is 13.9 Å². The Kier molecular flexibility index (Phi) is 10.5. The maximum absolute atomic E-state index is 13.2. The van der Waals surface area contributed by atoms with E-state index in [1.54, 1.807) is 84.9 Å². The highest BCUT2D eigenvalue weighted by Gasteiger charge is 2.39. The van der Waals surface area contributed by atoms with Gasteiger partial charge in [-0.25, -0.2) is 9.59 Å². The molecule has 0 aromatic heterocycles. The summed E-state index contributed by atoms with van der Waals surface area (Å²) in [6.07, 6.45) is -1.62. The Morgan fingerprint density at radius 2 is 1.09 bits per heavy atom. The number of ether oxygens (including phenoxy) is 2. The van der Waals surface area contributed by atoms with Gasteiger partial charge in [-0.05, 0) is 54.5 Å². The zero-order valence-electron chi connectivity index (χ0n) is 25.8. The highest BCUT2D eigenvalue weighted by atomic mass is 28.4. The van der Waals surface area contributed by atoms with Crippen LogP contribution in [0.15, 0.2) is 84.9 Å². The maximum atomic E-state index is 13.2. The van der Waals surface area contributed by atoms with Gasteiger partial charge in [0.1, 0.15) is 12.2 Å². The van der Waals surface area contributed by atoms with Crippen molar-refractivity contribution in [3.8, 4) is 0 Å². The lowest BCUT2D eigenvalue weighted by Gasteiger charge is -2.37. The molecule has 44 heavy (non-hydrogen) atoms. The summed E-state index contributed by atoms with van der Waals surface area (Å²) in [7, 11) is -2.14. The summed E-state index contributed by atoms with van der Waals surface area (Å²) in [5, 5.41) is 0.675. The monoisotopic (exact) mass is 617 g/mol. The average Bonchev–Trinajstić information content (AvgIpc) is 3.25. The van der Waals surface area contributed by atoms with Gasteiger partial charge in [0.25, 0.3) is 11.8 Å². The first-order valence-corrected chi connectivity index (χ1v) is 17.6. The second-order valence-electron chi connectivity index (χ2n) is 12.1. The zero-order valence-corrected chi connectivity index (χ0v) is 26.8. The SMILES string of the molecule is CC(C)(C)[Si](C)(C)OCC[C@@H](OC(=O)c1ccccc1)[C@@H](CCON1C(=O)c2ccccc2C1=O)OC(=O)c1ccccc1. The number of carbonyl (C=O) groups is 4. The van der Waals surface area contributed by atoms with Crippen molar-refractivity contribution in [2.75, 3.05) is 13.2 Å². The molecule has 1 aliphatic heterocycles. The van der Waals surface area contributed by atoms with E-state index in [0.29, 0.717) is 16.2 Å². The van der Waals surface area contributed by atoms with Gasteiger partial charge in [-0.1, -0.05) is 69.3 Å². The number of nitrogens with zero attached hydrogens (tertiary/aromatic N) is 1. The number of hydrogen-bond donors (Lipinski definition) is 0. The molecule has 0 aliphatic carbocycles. The summed E-state index contributed by atoms with van der Waals surface area (Å²) in [6.45, 7) is 10.7. The molecule has 0 unspecified atom stereocenters. The van der Waals surface area contributed by atoms with E-state index in [1.165, 1.54) is 0 Å². The Labute approximate surface area is 259 Å². The summed E-state index contributed by atoms with van der Waals surface area (Å²) >= 11 is 0. The first kappa shape index (κ1) is 32.8. The maximum Gasteiger partial charge on any atom is 0.338 e. The van der Waals surface area contributed by atoms with Crippen LogP contribution in [-0.2, 0) is 18.7 Å². The molecular formula is C34H39NO8Si. The van der Waals surface area contributed by atoms with Crippen LogP contribution in [0, 0.1) is 0 Å². The molecule has 3 aromatic carbocycles. The molecule has 0 bridgehead atoms. The topological polar surface area (TPSA) is 108 Å². The minimum absolute atomic E-state index is 0.0266. The fourth-order valence-corrected chi connectivity index (χ4v) is 5.45. The predicted octanol–water partition coefficient (Wildman–Crippen LogP) is 6.47.